The topological polar surface area (TPSA) is 63.3 Å². The summed E-state index contributed by atoms with van der Waals surface area (Å²) >= 11 is 2.89. The summed E-state index contributed by atoms with van der Waals surface area (Å²) in [5, 5.41) is 7.19. The zero-order valence-electron chi connectivity index (χ0n) is 6.94. The van der Waals surface area contributed by atoms with Crippen LogP contribution in [-0.2, 0) is 0 Å². The lowest BCUT2D eigenvalue weighted by Crippen LogP contribution is -2.13. The SMILES string of the molecule is CCC(Br)CC(F)(F)F.NC(=O)O. The molecule has 0 aliphatic rings. The maximum Gasteiger partial charge on any atom is 0.402 e. The average Bonchev–Trinajstić information content (AvgIpc) is 1.82. The Labute approximate surface area is 82.2 Å². The van der Waals surface area contributed by atoms with E-state index in [4.69, 9.17) is 9.90 Å². The number of nitrogens with two attached hydrogens (primary N) is 1. The zero-order chi connectivity index (χ0) is 11.1. The summed E-state index contributed by atoms with van der Waals surface area (Å²) in [5.74, 6) is 0. The lowest BCUT2D eigenvalue weighted by Gasteiger charge is -2.08. The fourth-order valence-electron chi connectivity index (χ4n) is 0.395. The summed E-state index contributed by atoms with van der Waals surface area (Å²) in [7, 11) is 0. The molecule has 3 nitrogen and oxygen atoms in total. The van der Waals surface area contributed by atoms with Crippen molar-refractivity contribution in [3.05, 3.63) is 0 Å². The lowest BCUT2D eigenvalue weighted by molar-refractivity contribution is -0.133. The van der Waals surface area contributed by atoms with Gasteiger partial charge < -0.3 is 10.8 Å². The first-order valence-corrected chi connectivity index (χ1v) is 4.29. The van der Waals surface area contributed by atoms with Gasteiger partial charge in [0.15, 0.2) is 0 Å². The molecule has 1 unspecified atom stereocenters. The van der Waals surface area contributed by atoms with Gasteiger partial charge in [-0.05, 0) is 6.42 Å². The third-order valence-electron chi connectivity index (χ3n) is 0.896. The Kier molecular flexibility index (Phi) is 8.09. The molecule has 0 aliphatic heterocycles. The second-order valence-corrected chi connectivity index (χ2v) is 3.46. The van der Waals surface area contributed by atoms with Crippen molar-refractivity contribution < 1.29 is 23.1 Å². The first kappa shape index (κ1) is 15.0. The highest BCUT2D eigenvalue weighted by atomic mass is 79.9. The highest BCUT2D eigenvalue weighted by Gasteiger charge is 2.29. The van der Waals surface area contributed by atoms with Gasteiger partial charge in [-0.15, -0.1) is 0 Å². The first-order valence-electron chi connectivity index (χ1n) is 3.38. The highest BCUT2D eigenvalue weighted by Crippen LogP contribution is 2.26. The van der Waals surface area contributed by atoms with Crippen LogP contribution >= 0.6 is 15.9 Å². The van der Waals surface area contributed by atoms with E-state index in [2.05, 4.69) is 21.7 Å². The number of hydrogen-bond acceptors (Lipinski definition) is 1. The van der Waals surface area contributed by atoms with E-state index in [1.54, 1.807) is 6.92 Å². The van der Waals surface area contributed by atoms with Crippen molar-refractivity contribution in [3.8, 4) is 0 Å². The maximum atomic E-state index is 11.5. The van der Waals surface area contributed by atoms with Crippen LogP contribution in [0.15, 0.2) is 0 Å². The number of rotatable bonds is 2. The Bertz CT molecular complexity index is 147. The Balaban J connectivity index is 0. The van der Waals surface area contributed by atoms with E-state index in [1.807, 2.05) is 0 Å². The van der Waals surface area contributed by atoms with Crippen molar-refractivity contribution in [1.29, 1.82) is 0 Å². The number of alkyl halides is 4. The molecule has 0 aliphatic carbocycles. The molecule has 0 saturated heterocycles. The van der Waals surface area contributed by atoms with Crippen LogP contribution in [0.2, 0.25) is 0 Å². The maximum absolute atomic E-state index is 11.5. The molecule has 0 rings (SSSR count). The van der Waals surface area contributed by atoms with Gasteiger partial charge >= 0.3 is 12.3 Å². The number of halogens is 4. The Morgan fingerprint density at radius 3 is 2.00 bits per heavy atom. The molecule has 0 heterocycles. The standard InChI is InChI=1S/C5H8BrF3.CH3NO2/c1-2-4(6)3-5(7,8)9;2-1(3)4/h4H,2-3H2,1H3;2H2,(H,3,4). The highest BCUT2D eigenvalue weighted by molar-refractivity contribution is 9.09. The Morgan fingerprint density at radius 1 is 1.62 bits per heavy atom. The summed E-state index contributed by atoms with van der Waals surface area (Å²) in [6.45, 7) is 1.71. The molecule has 1 amide bonds. The molecule has 0 saturated carbocycles. The summed E-state index contributed by atoms with van der Waals surface area (Å²) in [6.07, 6.45) is -5.58. The smallest absolute Gasteiger partial charge is 0.402 e. The molecule has 0 aromatic rings. The fourth-order valence-corrected chi connectivity index (χ4v) is 0.763. The molecule has 3 N–H and O–H groups in total. The van der Waals surface area contributed by atoms with Crippen LogP contribution in [0.1, 0.15) is 19.8 Å². The van der Waals surface area contributed by atoms with Crippen LogP contribution in [0.25, 0.3) is 0 Å². The summed E-state index contributed by atoms with van der Waals surface area (Å²) < 4.78 is 34.4. The molecule has 0 spiro atoms. The summed E-state index contributed by atoms with van der Waals surface area (Å²) in [6, 6.07) is 0. The largest absolute Gasteiger partial charge is 0.465 e. The van der Waals surface area contributed by atoms with Crippen molar-refractivity contribution in [1.82, 2.24) is 0 Å². The molecular formula is C6H11BrF3NO2. The second-order valence-electron chi connectivity index (χ2n) is 2.16. The third-order valence-corrected chi connectivity index (χ3v) is 1.87. The molecule has 1 atom stereocenters. The van der Waals surface area contributed by atoms with Crippen molar-refractivity contribution in [2.75, 3.05) is 0 Å². The van der Waals surface area contributed by atoms with E-state index in [1.165, 1.54) is 0 Å². The Hall–Kier alpha value is -0.460. The van der Waals surface area contributed by atoms with Gasteiger partial charge in [0, 0.05) is 4.83 Å². The van der Waals surface area contributed by atoms with Crippen LogP contribution in [0.4, 0.5) is 18.0 Å². The second kappa shape index (κ2) is 6.99. The minimum atomic E-state index is -4.02. The Morgan fingerprint density at radius 2 is 1.92 bits per heavy atom. The number of amides is 1. The van der Waals surface area contributed by atoms with Gasteiger partial charge in [0.05, 0.1) is 6.42 Å². The number of carboxylic acid groups (broad SMARTS) is 1. The summed E-state index contributed by atoms with van der Waals surface area (Å²) in [4.78, 5) is 8.36. The average molecular weight is 266 g/mol. The molecule has 7 heteroatoms. The van der Waals surface area contributed by atoms with E-state index < -0.39 is 23.5 Å². The van der Waals surface area contributed by atoms with Crippen LogP contribution < -0.4 is 5.73 Å². The van der Waals surface area contributed by atoms with E-state index in [-0.39, 0.29) is 0 Å². The van der Waals surface area contributed by atoms with Gasteiger partial charge in [0.1, 0.15) is 0 Å². The van der Waals surface area contributed by atoms with E-state index in [0.29, 0.717) is 6.42 Å². The van der Waals surface area contributed by atoms with Crippen LogP contribution in [0.5, 0.6) is 0 Å². The molecule has 0 aromatic heterocycles. The number of carbonyl (C=O) groups is 1. The molecule has 13 heavy (non-hydrogen) atoms. The van der Waals surface area contributed by atoms with Crippen molar-refractivity contribution in [3.63, 3.8) is 0 Å². The van der Waals surface area contributed by atoms with Gasteiger partial charge in [-0.2, -0.15) is 13.2 Å². The van der Waals surface area contributed by atoms with Gasteiger partial charge in [-0.25, -0.2) is 4.79 Å². The van der Waals surface area contributed by atoms with Crippen molar-refractivity contribution in [2.45, 2.75) is 30.8 Å². The molecule has 80 valence electrons. The minimum Gasteiger partial charge on any atom is -0.465 e. The van der Waals surface area contributed by atoms with Crippen molar-refractivity contribution >= 4 is 22.0 Å². The van der Waals surface area contributed by atoms with Crippen LogP contribution in [-0.4, -0.2) is 22.2 Å². The van der Waals surface area contributed by atoms with Crippen LogP contribution in [0, 0.1) is 0 Å². The minimum absolute atomic E-state index is 0.419. The molecular weight excluding hydrogens is 255 g/mol. The number of hydrogen-bond donors (Lipinski definition) is 2. The van der Waals surface area contributed by atoms with E-state index in [0.717, 1.165) is 0 Å². The lowest BCUT2D eigenvalue weighted by atomic mass is 10.2. The number of primary amides is 1. The monoisotopic (exact) mass is 265 g/mol. The summed E-state index contributed by atoms with van der Waals surface area (Å²) in [5.41, 5.74) is 4.03. The van der Waals surface area contributed by atoms with Gasteiger partial charge in [0.2, 0.25) is 0 Å². The van der Waals surface area contributed by atoms with Crippen LogP contribution in [0.3, 0.4) is 0 Å². The fraction of sp³-hybridized carbons (Fsp3) is 0.833. The van der Waals surface area contributed by atoms with E-state index >= 15 is 0 Å². The third kappa shape index (κ3) is 24.6. The quantitative estimate of drug-likeness (QED) is 0.755. The van der Waals surface area contributed by atoms with Crippen molar-refractivity contribution in [2.24, 2.45) is 5.73 Å². The predicted molar refractivity (Wildman–Crippen MR) is 45.9 cm³/mol. The molecule has 0 radical (unpaired) electrons. The van der Waals surface area contributed by atoms with E-state index in [9.17, 15) is 13.2 Å². The van der Waals surface area contributed by atoms with Gasteiger partial charge in [-0.1, -0.05) is 22.9 Å². The molecule has 0 bridgehead atoms. The zero-order valence-corrected chi connectivity index (χ0v) is 8.52. The molecule has 0 aromatic carbocycles. The first-order chi connectivity index (χ1) is 5.69. The predicted octanol–water partition coefficient (Wildman–Crippen LogP) is 2.74. The molecule has 0 fully saturated rings. The van der Waals surface area contributed by atoms with Gasteiger partial charge in [0.25, 0.3) is 0 Å². The normalized spacial score (nSPS) is 12.7. The van der Waals surface area contributed by atoms with Gasteiger partial charge in [-0.3, -0.25) is 0 Å².